The molecule has 1 unspecified atom stereocenters. The second-order valence-electron chi connectivity index (χ2n) is 4.00. The van der Waals surface area contributed by atoms with E-state index < -0.39 is 11.9 Å². The van der Waals surface area contributed by atoms with E-state index in [0.717, 1.165) is 12.5 Å². The lowest BCUT2D eigenvalue weighted by atomic mass is 10.1. The average molecular weight is 263 g/mol. The maximum Gasteiger partial charge on any atom is 0.433 e. The maximum absolute atomic E-state index is 12.6. The van der Waals surface area contributed by atoms with E-state index in [1.54, 1.807) is 0 Å². The van der Waals surface area contributed by atoms with Gasteiger partial charge >= 0.3 is 6.18 Å². The van der Waals surface area contributed by atoms with Crippen LogP contribution in [0.1, 0.15) is 26.0 Å². The minimum atomic E-state index is -4.53. The van der Waals surface area contributed by atoms with Crippen LogP contribution in [0.25, 0.3) is 0 Å². The highest BCUT2D eigenvalue weighted by atomic mass is 19.4. The van der Waals surface area contributed by atoms with Gasteiger partial charge < -0.3 is 5.32 Å². The maximum atomic E-state index is 12.6. The molecule has 8 heteroatoms. The van der Waals surface area contributed by atoms with Crippen molar-refractivity contribution < 1.29 is 13.2 Å². The van der Waals surface area contributed by atoms with E-state index in [9.17, 15) is 13.2 Å². The summed E-state index contributed by atoms with van der Waals surface area (Å²) >= 11 is 0. The largest absolute Gasteiger partial charge is 0.433 e. The molecule has 0 aliphatic carbocycles. The van der Waals surface area contributed by atoms with Crippen molar-refractivity contribution in [3.8, 4) is 0 Å². The molecule has 1 heterocycles. The first-order valence-corrected chi connectivity index (χ1v) is 5.53. The summed E-state index contributed by atoms with van der Waals surface area (Å²) in [5, 5.41) is 2.84. The van der Waals surface area contributed by atoms with Crippen molar-refractivity contribution in [3.63, 3.8) is 0 Å². The normalized spacial score (nSPS) is 13.2. The molecule has 0 saturated carbocycles. The van der Waals surface area contributed by atoms with Crippen molar-refractivity contribution >= 4 is 11.8 Å². The molecule has 0 radical (unpaired) electrons. The fourth-order valence-corrected chi connectivity index (χ4v) is 1.17. The van der Waals surface area contributed by atoms with Gasteiger partial charge in [0.15, 0.2) is 5.69 Å². The third kappa shape index (κ3) is 4.02. The first-order chi connectivity index (χ1) is 8.36. The third-order valence-corrected chi connectivity index (χ3v) is 2.47. The van der Waals surface area contributed by atoms with Crippen molar-refractivity contribution in [1.82, 2.24) is 9.97 Å². The van der Waals surface area contributed by atoms with Gasteiger partial charge in [0, 0.05) is 12.6 Å². The van der Waals surface area contributed by atoms with Crippen LogP contribution in [0.4, 0.5) is 24.9 Å². The number of rotatable bonds is 5. The van der Waals surface area contributed by atoms with Crippen LogP contribution in [0.15, 0.2) is 6.07 Å². The minimum absolute atomic E-state index is 0.102. The quantitative estimate of drug-likeness (QED) is 0.561. The molecular formula is C10H16F3N5. The molecule has 0 spiro atoms. The van der Waals surface area contributed by atoms with Crippen molar-refractivity contribution in [1.29, 1.82) is 0 Å². The van der Waals surface area contributed by atoms with Crippen molar-refractivity contribution in [3.05, 3.63) is 11.8 Å². The van der Waals surface area contributed by atoms with Crippen LogP contribution < -0.4 is 16.6 Å². The number of nitrogens with zero attached hydrogens (tertiary/aromatic N) is 2. The molecule has 1 aromatic rings. The predicted molar refractivity (Wildman–Crippen MR) is 62.8 cm³/mol. The second-order valence-corrected chi connectivity index (χ2v) is 4.00. The summed E-state index contributed by atoms with van der Waals surface area (Å²) < 4.78 is 37.7. The first-order valence-electron chi connectivity index (χ1n) is 5.53. The van der Waals surface area contributed by atoms with E-state index >= 15 is 0 Å². The highest BCUT2D eigenvalue weighted by molar-refractivity contribution is 5.42. The fourth-order valence-electron chi connectivity index (χ4n) is 1.17. The van der Waals surface area contributed by atoms with Gasteiger partial charge in [-0.05, 0) is 5.92 Å². The Bertz CT molecular complexity index is 394. The molecule has 0 aromatic carbocycles. The van der Waals surface area contributed by atoms with Crippen molar-refractivity contribution in [2.24, 2.45) is 11.8 Å². The lowest BCUT2D eigenvalue weighted by molar-refractivity contribution is -0.141. The summed E-state index contributed by atoms with van der Waals surface area (Å²) in [7, 11) is 0. The Morgan fingerprint density at radius 2 is 2.06 bits per heavy atom. The van der Waals surface area contributed by atoms with E-state index in [1.807, 2.05) is 19.3 Å². The Morgan fingerprint density at radius 1 is 1.39 bits per heavy atom. The van der Waals surface area contributed by atoms with Gasteiger partial charge in [-0.25, -0.2) is 10.8 Å². The van der Waals surface area contributed by atoms with Crippen LogP contribution in [-0.2, 0) is 6.18 Å². The third-order valence-electron chi connectivity index (χ3n) is 2.47. The molecule has 1 aromatic heterocycles. The van der Waals surface area contributed by atoms with E-state index in [0.29, 0.717) is 12.5 Å². The smallest absolute Gasteiger partial charge is 0.370 e. The zero-order chi connectivity index (χ0) is 13.8. The Balaban J connectivity index is 2.91. The van der Waals surface area contributed by atoms with E-state index in [1.165, 1.54) is 0 Å². The summed E-state index contributed by atoms with van der Waals surface area (Å²) in [5.41, 5.74) is 0.989. The summed E-state index contributed by atoms with van der Waals surface area (Å²) in [5.74, 6) is 5.21. The molecule has 0 aliphatic rings. The van der Waals surface area contributed by atoms with Gasteiger partial charge in [-0.2, -0.15) is 18.2 Å². The highest BCUT2D eigenvalue weighted by Crippen LogP contribution is 2.29. The Hall–Kier alpha value is -1.57. The topological polar surface area (TPSA) is 75.9 Å². The van der Waals surface area contributed by atoms with Gasteiger partial charge in [0.2, 0.25) is 5.95 Å². The Labute approximate surface area is 103 Å². The molecular weight excluding hydrogens is 247 g/mol. The van der Waals surface area contributed by atoms with Gasteiger partial charge in [-0.3, -0.25) is 5.43 Å². The van der Waals surface area contributed by atoms with Crippen LogP contribution in [0.5, 0.6) is 0 Å². The fraction of sp³-hybridized carbons (Fsp3) is 0.600. The average Bonchev–Trinajstić information content (AvgIpc) is 2.34. The SMILES string of the molecule is CCC(C)CNc1cc(C(F)(F)F)nc(NN)n1. The van der Waals surface area contributed by atoms with Gasteiger partial charge in [0.05, 0.1) is 0 Å². The monoisotopic (exact) mass is 263 g/mol. The molecule has 0 saturated heterocycles. The number of halogens is 3. The first kappa shape index (κ1) is 14.5. The molecule has 0 bridgehead atoms. The molecule has 1 atom stereocenters. The van der Waals surface area contributed by atoms with Crippen LogP contribution in [-0.4, -0.2) is 16.5 Å². The molecule has 5 nitrogen and oxygen atoms in total. The van der Waals surface area contributed by atoms with Gasteiger partial charge in [0.1, 0.15) is 5.82 Å². The molecule has 0 fully saturated rings. The molecule has 0 amide bonds. The number of aromatic nitrogens is 2. The zero-order valence-electron chi connectivity index (χ0n) is 10.2. The van der Waals surface area contributed by atoms with E-state index in [2.05, 4.69) is 15.3 Å². The van der Waals surface area contributed by atoms with Crippen molar-refractivity contribution in [2.75, 3.05) is 17.3 Å². The zero-order valence-corrected chi connectivity index (χ0v) is 10.2. The molecule has 4 N–H and O–H groups in total. The number of nitrogens with two attached hydrogens (primary N) is 1. The number of nitrogen functional groups attached to an aromatic ring is 1. The lowest BCUT2D eigenvalue weighted by Crippen LogP contribution is -2.18. The number of anilines is 2. The minimum Gasteiger partial charge on any atom is -0.370 e. The lowest BCUT2D eigenvalue weighted by Gasteiger charge is -2.13. The standard InChI is InChI=1S/C10H16F3N5/c1-3-6(2)5-15-8-4-7(10(11,12)13)16-9(17-8)18-14/h4,6H,3,5,14H2,1-2H3,(H2,15,16,17,18). The number of hydrazine groups is 1. The summed E-state index contributed by atoms with van der Waals surface area (Å²) in [4.78, 5) is 7.07. The van der Waals surface area contributed by atoms with Crippen LogP contribution in [0.3, 0.4) is 0 Å². The molecule has 18 heavy (non-hydrogen) atoms. The van der Waals surface area contributed by atoms with E-state index in [-0.39, 0.29) is 11.8 Å². The highest BCUT2D eigenvalue weighted by Gasteiger charge is 2.33. The van der Waals surface area contributed by atoms with Crippen LogP contribution >= 0.6 is 0 Å². The Morgan fingerprint density at radius 3 is 2.56 bits per heavy atom. The molecule has 1 rings (SSSR count). The van der Waals surface area contributed by atoms with Crippen LogP contribution in [0.2, 0.25) is 0 Å². The number of nitrogens with one attached hydrogen (secondary N) is 2. The van der Waals surface area contributed by atoms with Gasteiger partial charge in [-0.15, -0.1) is 0 Å². The number of alkyl halides is 3. The summed E-state index contributed by atoms with van der Waals surface area (Å²) in [6.07, 6.45) is -3.60. The number of hydrogen-bond donors (Lipinski definition) is 3. The number of hydrogen-bond acceptors (Lipinski definition) is 5. The molecule has 102 valence electrons. The molecule has 0 aliphatic heterocycles. The van der Waals surface area contributed by atoms with Gasteiger partial charge in [-0.1, -0.05) is 20.3 Å². The summed E-state index contributed by atoms with van der Waals surface area (Å²) in [6.45, 7) is 4.52. The summed E-state index contributed by atoms with van der Waals surface area (Å²) in [6, 6.07) is 0.864. The van der Waals surface area contributed by atoms with E-state index in [4.69, 9.17) is 5.84 Å². The van der Waals surface area contributed by atoms with Gasteiger partial charge in [0.25, 0.3) is 0 Å². The predicted octanol–water partition coefficient (Wildman–Crippen LogP) is 2.24. The second kappa shape index (κ2) is 5.85. The van der Waals surface area contributed by atoms with Crippen molar-refractivity contribution in [2.45, 2.75) is 26.4 Å². The Kier molecular flexibility index (Phi) is 4.71. The van der Waals surface area contributed by atoms with Crippen LogP contribution in [0, 0.1) is 5.92 Å².